The molecule has 0 aromatic rings. The molecule has 0 saturated carbocycles. The van der Waals surface area contributed by atoms with Gasteiger partial charge in [0, 0.05) is 12.2 Å². The minimum atomic E-state index is -1.16. The molecule has 85 valence electrons. The maximum Gasteiger partial charge on any atom is 0.320 e. The smallest absolute Gasteiger partial charge is 0.320 e. The van der Waals surface area contributed by atoms with Crippen molar-refractivity contribution in [1.82, 2.24) is 5.32 Å². The molecule has 0 heterocycles. The summed E-state index contributed by atoms with van der Waals surface area (Å²) in [5.41, 5.74) is 5.19. The van der Waals surface area contributed by atoms with Gasteiger partial charge in [-0.3, -0.25) is 14.4 Å². The summed E-state index contributed by atoms with van der Waals surface area (Å²) in [5.74, 6) is -1.44. The van der Waals surface area contributed by atoms with Crippen molar-refractivity contribution in [1.29, 1.82) is 0 Å². The number of nitrogens with two attached hydrogens (primary N) is 1. The highest BCUT2D eigenvalue weighted by molar-refractivity contribution is 7.80. The standard InChI is InChI=1S/C8H13N2O4S/c9-6(8(13)14)1-2-7(12)10-5(3-11)4-15/h5-6,15H,1-2,4,9H2,(H,10,12)(H,13,14)/t5-,6+/m1/s1. The first-order valence-corrected chi connectivity index (χ1v) is 4.90. The van der Waals surface area contributed by atoms with E-state index in [0.717, 1.165) is 0 Å². The van der Waals surface area contributed by atoms with Crippen LogP contribution in [0, 0.1) is 0 Å². The second-order valence-electron chi connectivity index (χ2n) is 2.90. The Kier molecular flexibility index (Phi) is 6.72. The van der Waals surface area contributed by atoms with Crippen molar-refractivity contribution in [2.24, 2.45) is 5.73 Å². The Balaban J connectivity index is 3.84. The quantitative estimate of drug-likeness (QED) is 0.409. The second kappa shape index (κ2) is 7.24. The Labute approximate surface area is 92.6 Å². The Morgan fingerprint density at radius 1 is 1.53 bits per heavy atom. The van der Waals surface area contributed by atoms with Crippen molar-refractivity contribution in [2.45, 2.75) is 24.9 Å². The molecule has 0 aliphatic rings. The van der Waals surface area contributed by atoms with Crippen LogP contribution in [-0.2, 0) is 14.4 Å². The molecule has 0 saturated heterocycles. The number of hydrogen-bond acceptors (Lipinski definition) is 5. The molecule has 1 radical (unpaired) electrons. The number of thiol groups is 1. The number of carboxylic acid groups (broad SMARTS) is 1. The number of amides is 1. The first-order chi connectivity index (χ1) is 7.01. The number of aliphatic carboxylic acids is 1. The zero-order chi connectivity index (χ0) is 11.8. The third-order valence-electron chi connectivity index (χ3n) is 1.66. The summed E-state index contributed by atoms with van der Waals surface area (Å²) in [6.07, 6.45) is 1.57. The number of rotatable bonds is 7. The first kappa shape index (κ1) is 13.9. The van der Waals surface area contributed by atoms with E-state index >= 15 is 0 Å². The van der Waals surface area contributed by atoms with E-state index in [0.29, 0.717) is 0 Å². The SMILES string of the molecule is N[C@@H](CCC(=O)N[C@H]([C]=O)CS)C(=O)O. The average Bonchev–Trinajstić information content (AvgIpc) is 2.22. The summed E-state index contributed by atoms with van der Waals surface area (Å²) < 4.78 is 0. The topological polar surface area (TPSA) is 109 Å². The molecule has 0 rings (SSSR count). The fraction of sp³-hybridized carbons (Fsp3) is 0.625. The summed E-state index contributed by atoms with van der Waals surface area (Å²) in [6.45, 7) is 0. The minimum absolute atomic E-state index is 0.0271. The summed E-state index contributed by atoms with van der Waals surface area (Å²) in [6, 6.07) is -1.83. The van der Waals surface area contributed by atoms with Gasteiger partial charge in [0.15, 0.2) is 0 Å². The van der Waals surface area contributed by atoms with E-state index < -0.39 is 24.0 Å². The lowest BCUT2D eigenvalue weighted by molar-refractivity contribution is -0.138. The van der Waals surface area contributed by atoms with Crippen molar-refractivity contribution < 1.29 is 19.5 Å². The molecule has 0 bridgehead atoms. The van der Waals surface area contributed by atoms with E-state index in [1.165, 1.54) is 0 Å². The lowest BCUT2D eigenvalue weighted by atomic mass is 10.1. The molecule has 6 nitrogen and oxygen atoms in total. The highest BCUT2D eigenvalue weighted by Gasteiger charge is 2.15. The van der Waals surface area contributed by atoms with Gasteiger partial charge in [0.2, 0.25) is 12.2 Å². The number of carbonyl (C=O) groups is 2. The Bertz CT molecular complexity index is 247. The van der Waals surface area contributed by atoms with Crippen LogP contribution in [0.15, 0.2) is 0 Å². The second-order valence-corrected chi connectivity index (χ2v) is 3.27. The average molecular weight is 233 g/mol. The predicted octanol–water partition coefficient (Wildman–Crippen LogP) is -1.30. The van der Waals surface area contributed by atoms with Crippen LogP contribution < -0.4 is 11.1 Å². The molecule has 0 aromatic heterocycles. The Hall–Kier alpha value is -1.08. The van der Waals surface area contributed by atoms with Crippen molar-refractivity contribution >= 4 is 30.8 Å². The third-order valence-corrected chi connectivity index (χ3v) is 2.02. The fourth-order valence-corrected chi connectivity index (χ4v) is 0.955. The van der Waals surface area contributed by atoms with Gasteiger partial charge in [0.25, 0.3) is 0 Å². The number of nitrogens with one attached hydrogen (secondary N) is 1. The summed E-state index contributed by atoms with van der Waals surface area (Å²) in [7, 11) is 0. The lowest BCUT2D eigenvalue weighted by Gasteiger charge is -2.10. The molecule has 15 heavy (non-hydrogen) atoms. The summed E-state index contributed by atoms with van der Waals surface area (Å²) >= 11 is 3.82. The van der Waals surface area contributed by atoms with Gasteiger partial charge in [-0.2, -0.15) is 12.6 Å². The van der Waals surface area contributed by atoms with Gasteiger partial charge in [-0.05, 0) is 6.42 Å². The summed E-state index contributed by atoms with van der Waals surface area (Å²) in [5, 5.41) is 10.8. The van der Waals surface area contributed by atoms with Gasteiger partial charge in [0.05, 0.1) is 0 Å². The van der Waals surface area contributed by atoms with Gasteiger partial charge < -0.3 is 16.2 Å². The predicted molar refractivity (Wildman–Crippen MR) is 56.3 cm³/mol. The zero-order valence-electron chi connectivity index (χ0n) is 7.97. The van der Waals surface area contributed by atoms with Crippen molar-refractivity contribution in [3.05, 3.63) is 0 Å². The van der Waals surface area contributed by atoms with Gasteiger partial charge in [-0.15, -0.1) is 0 Å². The van der Waals surface area contributed by atoms with Crippen molar-refractivity contribution in [2.75, 3.05) is 5.75 Å². The van der Waals surface area contributed by atoms with Crippen molar-refractivity contribution in [3.8, 4) is 0 Å². The minimum Gasteiger partial charge on any atom is -0.480 e. The van der Waals surface area contributed by atoms with E-state index in [4.69, 9.17) is 10.8 Å². The maximum absolute atomic E-state index is 11.1. The van der Waals surface area contributed by atoms with Crippen LogP contribution in [0.25, 0.3) is 0 Å². The fourth-order valence-electron chi connectivity index (χ4n) is 0.789. The van der Waals surface area contributed by atoms with Crippen LogP contribution in [0.3, 0.4) is 0 Å². The van der Waals surface area contributed by atoms with Crippen LogP contribution >= 0.6 is 12.6 Å². The van der Waals surface area contributed by atoms with E-state index in [2.05, 4.69) is 17.9 Å². The highest BCUT2D eigenvalue weighted by Crippen LogP contribution is 1.95. The van der Waals surface area contributed by atoms with E-state index in [9.17, 15) is 14.4 Å². The van der Waals surface area contributed by atoms with Gasteiger partial charge in [-0.1, -0.05) is 0 Å². The molecule has 0 spiro atoms. The maximum atomic E-state index is 11.1. The molecular formula is C8H13N2O4S. The molecular weight excluding hydrogens is 220 g/mol. The van der Waals surface area contributed by atoms with Crippen LogP contribution in [-0.4, -0.2) is 41.1 Å². The molecule has 7 heteroatoms. The molecule has 1 amide bonds. The number of hydrogen-bond donors (Lipinski definition) is 4. The normalized spacial score (nSPS) is 14.0. The Morgan fingerprint density at radius 2 is 2.13 bits per heavy atom. The summed E-state index contributed by atoms with van der Waals surface area (Å²) in [4.78, 5) is 31.7. The number of carboxylic acids is 1. The lowest BCUT2D eigenvalue weighted by Crippen LogP contribution is -2.38. The van der Waals surface area contributed by atoms with Gasteiger partial charge >= 0.3 is 5.97 Å². The molecule has 0 aliphatic heterocycles. The molecule has 4 N–H and O–H groups in total. The monoisotopic (exact) mass is 233 g/mol. The van der Waals surface area contributed by atoms with Crippen LogP contribution in [0.5, 0.6) is 0 Å². The molecule has 2 atom stereocenters. The molecule has 0 aromatic carbocycles. The zero-order valence-corrected chi connectivity index (χ0v) is 8.87. The van der Waals surface area contributed by atoms with Crippen LogP contribution in [0.2, 0.25) is 0 Å². The van der Waals surface area contributed by atoms with Gasteiger partial charge in [-0.25, -0.2) is 0 Å². The van der Waals surface area contributed by atoms with E-state index in [1.54, 1.807) is 6.29 Å². The highest BCUT2D eigenvalue weighted by atomic mass is 32.1. The first-order valence-electron chi connectivity index (χ1n) is 4.27. The number of carbonyl (C=O) groups excluding carboxylic acids is 2. The Morgan fingerprint density at radius 3 is 2.53 bits per heavy atom. The molecule has 0 unspecified atom stereocenters. The third kappa shape index (κ3) is 6.08. The molecule has 0 fully saturated rings. The van der Waals surface area contributed by atoms with Gasteiger partial charge in [0.1, 0.15) is 12.1 Å². The van der Waals surface area contributed by atoms with E-state index in [1.807, 2.05) is 0 Å². The molecule has 0 aliphatic carbocycles. The van der Waals surface area contributed by atoms with E-state index in [-0.39, 0.29) is 18.6 Å². The largest absolute Gasteiger partial charge is 0.480 e. The van der Waals surface area contributed by atoms with Crippen molar-refractivity contribution in [3.63, 3.8) is 0 Å². The van der Waals surface area contributed by atoms with Crippen LogP contribution in [0.4, 0.5) is 0 Å². The van der Waals surface area contributed by atoms with Crippen LogP contribution in [0.1, 0.15) is 12.8 Å².